The number of nitrogens with zero attached hydrogens (tertiary/aromatic N) is 2. The maximum atomic E-state index is 12.9. The summed E-state index contributed by atoms with van der Waals surface area (Å²) in [4.78, 5) is 32.5. The predicted molar refractivity (Wildman–Crippen MR) is 121 cm³/mol. The molecule has 3 N–H and O–H groups in total. The van der Waals surface area contributed by atoms with Gasteiger partial charge in [0.1, 0.15) is 0 Å². The molecule has 0 radical (unpaired) electrons. The number of likely N-dealkylation sites (tertiary alicyclic amines) is 1. The molecule has 2 fully saturated rings. The van der Waals surface area contributed by atoms with E-state index >= 15 is 0 Å². The Hall–Kier alpha value is -2.25. The number of H-pyrrole nitrogens is 1. The van der Waals surface area contributed by atoms with Gasteiger partial charge in [0.15, 0.2) is 0 Å². The van der Waals surface area contributed by atoms with Crippen molar-refractivity contribution in [1.82, 2.24) is 20.1 Å². The number of urea groups is 1. The van der Waals surface area contributed by atoms with E-state index in [0.717, 1.165) is 35.9 Å². The molecule has 31 heavy (non-hydrogen) atoms. The molecule has 1 aromatic heterocycles. The van der Waals surface area contributed by atoms with Crippen LogP contribution in [-0.2, 0) is 11.3 Å². The van der Waals surface area contributed by atoms with Gasteiger partial charge < -0.3 is 25.2 Å². The highest BCUT2D eigenvalue weighted by molar-refractivity contribution is 6.31. The van der Waals surface area contributed by atoms with Crippen molar-refractivity contribution in [3.05, 3.63) is 35.0 Å². The first-order valence-corrected chi connectivity index (χ1v) is 11.4. The van der Waals surface area contributed by atoms with E-state index < -0.39 is 11.5 Å². The highest BCUT2D eigenvalue weighted by Crippen LogP contribution is 2.39. The Morgan fingerprint density at radius 3 is 2.84 bits per heavy atom. The molecule has 1 aliphatic heterocycles. The highest BCUT2D eigenvalue weighted by atomic mass is 35.5. The maximum absolute atomic E-state index is 12.9. The minimum absolute atomic E-state index is 0.00237. The van der Waals surface area contributed by atoms with E-state index in [4.69, 9.17) is 11.6 Å². The van der Waals surface area contributed by atoms with Crippen molar-refractivity contribution < 1.29 is 14.7 Å². The smallest absolute Gasteiger partial charge is 0.317 e. The van der Waals surface area contributed by atoms with Crippen molar-refractivity contribution >= 4 is 34.4 Å². The van der Waals surface area contributed by atoms with Crippen LogP contribution in [0.3, 0.4) is 0 Å². The van der Waals surface area contributed by atoms with Gasteiger partial charge in [-0.05, 0) is 56.4 Å². The number of likely N-dealkylation sites (N-methyl/N-ethyl adjacent to an activating group) is 1. The topological polar surface area (TPSA) is 88.7 Å². The van der Waals surface area contributed by atoms with Gasteiger partial charge >= 0.3 is 6.03 Å². The van der Waals surface area contributed by atoms with Crippen LogP contribution in [-0.4, -0.2) is 63.6 Å². The predicted octanol–water partition coefficient (Wildman–Crippen LogP) is 3.50. The van der Waals surface area contributed by atoms with Crippen LogP contribution >= 0.6 is 11.6 Å². The summed E-state index contributed by atoms with van der Waals surface area (Å²) in [6.45, 7) is 3.40. The molecule has 7 nitrogen and oxygen atoms in total. The SMILES string of the molecule is CC(C(=O)N1CCCC(N(C)C(=O)NCc2cc3cc(Cl)ccc3[nH]2)C1)C1(O)CCC1. The molecule has 2 unspecified atom stereocenters. The Kier molecular flexibility index (Phi) is 6.17. The standard InChI is InChI=1S/C23H31ClN4O3/c1-15(23(31)8-4-9-23)21(29)28-10-3-5-19(14-28)27(2)22(30)25-13-18-12-16-11-17(24)6-7-20(16)26-18/h6-7,11-12,15,19,26,31H,3-5,8-10,13-14H2,1-2H3,(H,25,30). The average Bonchev–Trinajstić information content (AvgIpc) is 3.16. The molecule has 0 bridgehead atoms. The lowest BCUT2D eigenvalue weighted by atomic mass is 9.71. The second-order valence-electron chi connectivity index (χ2n) is 9.05. The number of benzene rings is 1. The van der Waals surface area contributed by atoms with E-state index in [1.165, 1.54) is 0 Å². The molecule has 2 aliphatic rings. The van der Waals surface area contributed by atoms with Gasteiger partial charge in [0, 0.05) is 41.8 Å². The van der Waals surface area contributed by atoms with Crippen LogP contribution in [0.15, 0.2) is 24.3 Å². The fraction of sp³-hybridized carbons (Fsp3) is 0.565. The van der Waals surface area contributed by atoms with E-state index in [0.29, 0.717) is 37.5 Å². The van der Waals surface area contributed by atoms with E-state index in [1.807, 2.05) is 36.1 Å². The van der Waals surface area contributed by atoms with Crippen molar-refractivity contribution in [2.45, 2.75) is 57.2 Å². The number of nitrogens with one attached hydrogen (secondary N) is 2. The molecule has 2 aromatic rings. The lowest BCUT2D eigenvalue weighted by Crippen LogP contribution is -2.56. The molecular weight excluding hydrogens is 416 g/mol. The normalized spacial score (nSPS) is 21.4. The van der Waals surface area contributed by atoms with Gasteiger partial charge in [-0.3, -0.25) is 4.79 Å². The van der Waals surface area contributed by atoms with Gasteiger partial charge in [-0.2, -0.15) is 0 Å². The number of halogens is 1. The van der Waals surface area contributed by atoms with E-state index in [1.54, 1.807) is 11.9 Å². The molecule has 2 heterocycles. The number of aliphatic hydroxyl groups is 1. The molecule has 168 valence electrons. The molecular formula is C23H31ClN4O3. The first kappa shape index (κ1) is 22.0. The zero-order chi connectivity index (χ0) is 22.2. The molecule has 4 rings (SSSR count). The summed E-state index contributed by atoms with van der Waals surface area (Å²) < 4.78 is 0. The number of carbonyl (C=O) groups is 2. The lowest BCUT2D eigenvalue weighted by molar-refractivity contribution is -0.153. The summed E-state index contributed by atoms with van der Waals surface area (Å²) >= 11 is 6.04. The van der Waals surface area contributed by atoms with Gasteiger partial charge in [-0.25, -0.2) is 4.79 Å². The number of piperidine rings is 1. The monoisotopic (exact) mass is 446 g/mol. The summed E-state index contributed by atoms with van der Waals surface area (Å²) in [5.41, 5.74) is 1.03. The Balaban J connectivity index is 1.32. The zero-order valence-corrected chi connectivity index (χ0v) is 18.9. The molecule has 1 aromatic carbocycles. The first-order valence-electron chi connectivity index (χ1n) is 11.1. The molecule has 8 heteroatoms. The third-order valence-electron chi connectivity index (χ3n) is 7.04. The fourth-order valence-corrected chi connectivity index (χ4v) is 4.85. The fourth-order valence-electron chi connectivity index (χ4n) is 4.67. The molecule has 1 saturated heterocycles. The van der Waals surface area contributed by atoms with Gasteiger partial charge in [-0.1, -0.05) is 18.5 Å². The number of rotatable bonds is 5. The van der Waals surface area contributed by atoms with Crippen LogP contribution in [0.2, 0.25) is 5.02 Å². The van der Waals surface area contributed by atoms with Crippen molar-refractivity contribution in [1.29, 1.82) is 0 Å². The number of fused-ring (bicyclic) bond motifs is 1. The van der Waals surface area contributed by atoms with Crippen LogP contribution in [0.1, 0.15) is 44.7 Å². The number of hydrogen-bond donors (Lipinski definition) is 3. The lowest BCUT2D eigenvalue weighted by Gasteiger charge is -2.44. The van der Waals surface area contributed by atoms with Crippen LogP contribution in [0.4, 0.5) is 4.79 Å². The van der Waals surface area contributed by atoms with E-state index in [2.05, 4.69) is 10.3 Å². The van der Waals surface area contributed by atoms with Crippen molar-refractivity contribution in [2.24, 2.45) is 5.92 Å². The average molecular weight is 447 g/mol. The number of amides is 3. The maximum Gasteiger partial charge on any atom is 0.317 e. The number of hydrogen-bond acceptors (Lipinski definition) is 3. The molecule has 1 saturated carbocycles. The van der Waals surface area contributed by atoms with Crippen LogP contribution in [0.25, 0.3) is 10.9 Å². The van der Waals surface area contributed by atoms with Crippen LogP contribution < -0.4 is 5.32 Å². The molecule has 0 spiro atoms. The van der Waals surface area contributed by atoms with Gasteiger partial charge in [-0.15, -0.1) is 0 Å². The van der Waals surface area contributed by atoms with Gasteiger partial charge in [0.2, 0.25) is 5.91 Å². The van der Waals surface area contributed by atoms with Crippen molar-refractivity contribution in [3.63, 3.8) is 0 Å². The van der Waals surface area contributed by atoms with Crippen LogP contribution in [0, 0.1) is 5.92 Å². The molecule has 3 amide bonds. The number of carbonyl (C=O) groups excluding carboxylic acids is 2. The summed E-state index contributed by atoms with van der Waals surface area (Å²) in [7, 11) is 1.78. The zero-order valence-electron chi connectivity index (χ0n) is 18.2. The van der Waals surface area contributed by atoms with E-state index in [9.17, 15) is 14.7 Å². The number of aromatic amines is 1. The largest absolute Gasteiger partial charge is 0.389 e. The highest BCUT2D eigenvalue weighted by Gasteiger charge is 2.45. The quantitative estimate of drug-likeness (QED) is 0.656. The molecule has 2 atom stereocenters. The minimum Gasteiger partial charge on any atom is -0.389 e. The Morgan fingerprint density at radius 1 is 1.35 bits per heavy atom. The Morgan fingerprint density at radius 2 is 2.13 bits per heavy atom. The minimum atomic E-state index is -0.850. The van der Waals surface area contributed by atoms with E-state index in [-0.39, 0.29) is 18.0 Å². The second-order valence-corrected chi connectivity index (χ2v) is 9.49. The van der Waals surface area contributed by atoms with Crippen LogP contribution in [0.5, 0.6) is 0 Å². The second kappa shape index (κ2) is 8.71. The molecule has 1 aliphatic carbocycles. The summed E-state index contributed by atoms with van der Waals surface area (Å²) in [5.74, 6) is -0.396. The summed E-state index contributed by atoms with van der Waals surface area (Å²) in [6.07, 6.45) is 4.07. The van der Waals surface area contributed by atoms with Gasteiger partial charge in [0.05, 0.1) is 24.1 Å². The Bertz CT molecular complexity index is 971. The number of aromatic nitrogens is 1. The third kappa shape index (κ3) is 4.53. The third-order valence-corrected chi connectivity index (χ3v) is 7.28. The Labute approximate surface area is 187 Å². The summed E-state index contributed by atoms with van der Waals surface area (Å²) in [6, 6.07) is 7.42. The van der Waals surface area contributed by atoms with Crippen molar-refractivity contribution in [3.8, 4) is 0 Å². The van der Waals surface area contributed by atoms with Gasteiger partial charge in [0.25, 0.3) is 0 Å². The van der Waals surface area contributed by atoms with Crippen molar-refractivity contribution in [2.75, 3.05) is 20.1 Å². The first-order chi connectivity index (χ1) is 14.8. The summed E-state index contributed by atoms with van der Waals surface area (Å²) in [5, 5.41) is 15.2.